The van der Waals surface area contributed by atoms with E-state index in [1.807, 2.05) is 45.9 Å². The highest BCUT2D eigenvalue weighted by molar-refractivity contribution is 5.83. The highest BCUT2D eigenvalue weighted by Crippen LogP contribution is 2.46. The first-order valence-electron chi connectivity index (χ1n) is 12.3. The smallest absolute Gasteiger partial charge is 0.228 e. The normalized spacial score (nSPS) is 20.1. The molecule has 4 aromatic rings. The van der Waals surface area contributed by atoms with E-state index < -0.39 is 11.2 Å². The number of H-pyrrole nitrogens is 1. The van der Waals surface area contributed by atoms with Gasteiger partial charge in [0.25, 0.3) is 0 Å². The highest BCUT2D eigenvalue weighted by atomic mass is 19.1. The van der Waals surface area contributed by atoms with Gasteiger partial charge in [-0.25, -0.2) is 24.0 Å². The molecule has 1 saturated carbocycles. The summed E-state index contributed by atoms with van der Waals surface area (Å²) in [5.74, 6) is 1.42. The molecule has 1 fully saturated rings. The number of carbonyl (C=O) groups excluding carboxylic acids is 1. The molecule has 4 heterocycles. The van der Waals surface area contributed by atoms with Crippen LogP contribution >= 0.6 is 0 Å². The van der Waals surface area contributed by atoms with Gasteiger partial charge in [0.1, 0.15) is 0 Å². The largest absolute Gasteiger partial charge is 0.349 e. The second-order valence-electron chi connectivity index (χ2n) is 10.1. The third-order valence-electron chi connectivity index (χ3n) is 6.93. The number of aryl methyl sites for hydroxylation is 2. The van der Waals surface area contributed by atoms with Gasteiger partial charge >= 0.3 is 0 Å². The molecule has 0 saturated heterocycles. The molecule has 0 spiro atoms. The van der Waals surface area contributed by atoms with Gasteiger partial charge in [-0.3, -0.25) is 9.89 Å². The van der Waals surface area contributed by atoms with Crippen LogP contribution < -0.4 is 10.6 Å². The zero-order valence-electron chi connectivity index (χ0n) is 21.3. The molecule has 3 N–H and O–H groups in total. The lowest BCUT2D eigenvalue weighted by Crippen LogP contribution is -2.38. The number of nitrogens with zero attached hydrogens (tertiary/aromatic N) is 6. The monoisotopic (exact) mass is 503 g/mol. The van der Waals surface area contributed by atoms with Gasteiger partial charge in [-0.2, -0.15) is 10.2 Å². The average molecular weight is 504 g/mol. The number of hydrogen-bond acceptors (Lipinski definition) is 7. The van der Waals surface area contributed by atoms with E-state index in [0.29, 0.717) is 24.0 Å². The SMILES string of the molecule is Cc1cc([C@@H]2CC[C@@](C)(C(=O)N[C@@H](C)c3ccc(-n4cc(F)cn4)nc3)C2)nc(Nc2cc(C)[nH]n2)n1. The van der Waals surface area contributed by atoms with Crippen molar-refractivity contribution < 1.29 is 9.18 Å². The fourth-order valence-corrected chi connectivity index (χ4v) is 4.82. The molecule has 3 atom stereocenters. The van der Waals surface area contributed by atoms with Crippen LogP contribution in [0.1, 0.15) is 67.7 Å². The molecule has 4 aromatic heterocycles. The second-order valence-corrected chi connectivity index (χ2v) is 10.1. The maximum atomic E-state index is 13.4. The van der Waals surface area contributed by atoms with Gasteiger partial charge in [0.2, 0.25) is 11.9 Å². The first-order chi connectivity index (χ1) is 17.7. The van der Waals surface area contributed by atoms with Crippen LogP contribution in [0.3, 0.4) is 0 Å². The van der Waals surface area contributed by atoms with Gasteiger partial charge in [-0.15, -0.1) is 0 Å². The number of halogens is 1. The van der Waals surface area contributed by atoms with Crippen molar-refractivity contribution in [1.82, 2.24) is 40.2 Å². The lowest BCUT2D eigenvalue weighted by molar-refractivity contribution is -0.130. The molecule has 0 unspecified atom stereocenters. The summed E-state index contributed by atoms with van der Waals surface area (Å²) in [5, 5.41) is 17.3. The molecule has 1 amide bonds. The number of aromatic nitrogens is 7. The number of nitrogens with one attached hydrogen (secondary N) is 3. The first-order valence-corrected chi connectivity index (χ1v) is 12.3. The molecule has 0 aliphatic heterocycles. The summed E-state index contributed by atoms with van der Waals surface area (Å²) in [5.41, 5.74) is 3.09. The Kier molecular flexibility index (Phi) is 6.45. The van der Waals surface area contributed by atoms with E-state index in [4.69, 9.17) is 4.98 Å². The van der Waals surface area contributed by atoms with Crippen LogP contribution in [0.5, 0.6) is 0 Å². The quantitative estimate of drug-likeness (QED) is 0.340. The van der Waals surface area contributed by atoms with Crippen LogP contribution in [-0.2, 0) is 4.79 Å². The van der Waals surface area contributed by atoms with Crippen molar-refractivity contribution in [1.29, 1.82) is 0 Å². The average Bonchev–Trinajstić information content (AvgIpc) is 3.59. The Balaban J connectivity index is 1.23. The van der Waals surface area contributed by atoms with Crippen LogP contribution in [0.4, 0.5) is 16.2 Å². The van der Waals surface area contributed by atoms with Crippen LogP contribution in [0.2, 0.25) is 0 Å². The van der Waals surface area contributed by atoms with E-state index in [2.05, 4.69) is 35.9 Å². The van der Waals surface area contributed by atoms with Crippen LogP contribution in [0.25, 0.3) is 5.82 Å². The van der Waals surface area contributed by atoms with E-state index in [1.54, 1.807) is 12.3 Å². The predicted octanol–water partition coefficient (Wildman–Crippen LogP) is 4.43. The summed E-state index contributed by atoms with van der Waals surface area (Å²) in [7, 11) is 0. The number of rotatable bonds is 7. The molecule has 0 aromatic carbocycles. The van der Waals surface area contributed by atoms with Gasteiger partial charge in [0, 0.05) is 40.7 Å². The number of anilines is 2. The molecule has 192 valence electrons. The Labute approximate surface area is 214 Å². The van der Waals surface area contributed by atoms with Gasteiger partial charge in [0.15, 0.2) is 17.5 Å². The second kappa shape index (κ2) is 9.72. The fraction of sp³-hybridized carbons (Fsp3) is 0.385. The van der Waals surface area contributed by atoms with Crippen molar-refractivity contribution in [3.63, 3.8) is 0 Å². The fourth-order valence-electron chi connectivity index (χ4n) is 4.82. The summed E-state index contributed by atoms with van der Waals surface area (Å²) in [6.45, 7) is 7.82. The van der Waals surface area contributed by atoms with Crippen molar-refractivity contribution in [2.45, 2.75) is 58.9 Å². The molecular weight excluding hydrogens is 473 g/mol. The van der Waals surface area contributed by atoms with Crippen molar-refractivity contribution in [2.75, 3.05) is 5.32 Å². The highest BCUT2D eigenvalue weighted by Gasteiger charge is 2.42. The summed E-state index contributed by atoms with van der Waals surface area (Å²) in [6, 6.07) is 7.28. The maximum Gasteiger partial charge on any atom is 0.228 e. The Hall–Kier alpha value is -4.15. The van der Waals surface area contributed by atoms with Crippen LogP contribution in [0, 0.1) is 25.1 Å². The van der Waals surface area contributed by atoms with Gasteiger partial charge in [-0.05, 0) is 57.7 Å². The molecule has 1 aliphatic carbocycles. The Morgan fingerprint density at radius 3 is 2.76 bits per heavy atom. The molecule has 5 rings (SSSR count). The lowest BCUT2D eigenvalue weighted by Gasteiger charge is -2.26. The van der Waals surface area contributed by atoms with Gasteiger partial charge in [0.05, 0.1) is 18.4 Å². The van der Waals surface area contributed by atoms with E-state index in [0.717, 1.165) is 41.7 Å². The Bertz CT molecular complexity index is 1410. The summed E-state index contributed by atoms with van der Waals surface area (Å²) < 4.78 is 14.6. The molecule has 10 nitrogen and oxygen atoms in total. The minimum atomic E-state index is -0.509. The van der Waals surface area contributed by atoms with Gasteiger partial charge in [-0.1, -0.05) is 13.0 Å². The molecule has 1 aliphatic rings. The van der Waals surface area contributed by atoms with E-state index in [9.17, 15) is 9.18 Å². The number of pyridine rings is 1. The summed E-state index contributed by atoms with van der Waals surface area (Å²) in [6.07, 6.45) is 6.41. The third kappa shape index (κ3) is 5.35. The predicted molar refractivity (Wildman–Crippen MR) is 136 cm³/mol. The van der Waals surface area contributed by atoms with Crippen LogP contribution in [-0.4, -0.2) is 40.8 Å². The summed E-state index contributed by atoms with van der Waals surface area (Å²) >= 11 is 0. The van der Waals surface area contributed by atoms with Crippen molar-refractivity contribution in [3.8, 4) is 5.82 Å². The number of carbonyl (C=O) groups is 1. The molecule has 0 radical (unpaired) electrons. The van der Waals surface area contributed by atoms with Crippen molar-refractivity contribution in [2.24, 2.45) is 5.41 Å². The zero-order valence-corrected chi connectivity index (χ0v) is 21.3. The topological polar surface area (TPSA) is 126 Å². The van der Waals surface area contributed by atoms with Crippen LogP contribution in [0.15, 0.2) is 42.9 Å². The molecule has 37 heavy (non-hydrogen) atoms. The molecule has 0 bridgehead atoms. The summed E-state index contributed by atoms with van der Waals surface area (Å²) in [4.78, 5) is 27.0. The lowest BCUT2D eigenvalue weighted by atomic mass is 9.85. The van der Waals surface area contributed by atoms with Gasteiger partial charge < -0.3 is 10.6 Å². The minimum absolute atomic E-state index is 0.0110. The number of aromatic amines is 1. The Morgan fingerprint density at radius 2 is 2.08 bits per heavy atom. The standard InChI is InChI=1S/C26H30FN9O/c1-15-9-21(32-25(30-15)33-22-10-16(2)34-35-22)18-7-8-26(4,11-18)24(37)31-17(3)19-5-6-23(28-12-19)36-14-20(27)13-29-36/h5-6,9-10,12-14,17-18H,7-8,11H2,1-4H3,(H,31,37)(H2,30,32,33,34,35)/t17-,18+,26+/m0/s1. The Morgan fingerprint density at radius 1 is 1.24 bits per heavy atom. The minimum Gasteiger partial charge on any atom is -0.349 e. The van der Waals surface area contributed by atoms with Crippen molar-refractivity contribution >= 4 is 17.7 Å². The van der Waals surface area contributed by atoms with E-state index in [-0.39, 0.29) is 17.9 Å². The third-order valence-corrected chi connectivity index (χ3v) is 6.93. The first kappa shape index (κ1) is 24.5. The van der Waals surface area contributed by atoms with Crippen molar-refractivity contribution in [3.05, 3.63) is 71.3 Å². The van der Waals surface area contributed by atoms with E-state index >= 15 is 0 Å². The number of hydrogen-bond donors (Lipinski definition) is 3. The number of amides is 1. The zero-order chi connectivity index (χ0) is 26.2. The van der Waals surface area contributed by atoms with E-state index in [1.165, 1.54) is 10.9 Å². The maximum absolute atomic E-state index is 13.4. The molecule has 11 heteroatoms. The molecular formula is C26H30FN9O.